The molecule has 1 saturated heterocycles. The Bertz CT molecular complexity index is 514. The number of hydrogen-bond donors (Lipinski definition) is 1. The molecule has 1 aliphatic rings. The highest BCUT2D eigenvalue weighted by Gasteiger charge is 2.35. The van der Waals surface area contributed by atoms with Crippen molar-refractivity contribution in [2.45, 2.75) is 26.3 Å². The van der Waals surface area contributed by atoms with Crippen molar-refractivity contribution in [2.24, 2.45) is 5.92 Å². The van der Waals surface area contributed by atoms with Gasteiger partial charge in [-0.15, -0.1) is 0 Å². The Morgan fingerprint density at radius 2 is 2.20 bits per heavy atom. The van der Waals surface area contributed by atoms with Crippen LogP contribution in [0, 0.1) is 5.92 Å². The van der Waals surface area contributed by atoms with Crippen LogP contribution in [-0.2, 0) is 9.59 Å². The molecule has 0 bridgehead atoms. The van der Waals surface area contributed by atoms with Crippen molar-refractivity contribution in [3.63, 3.8) is 0 Å². The third kappa shape index (κ3) is 3.10. The van der Waals surface area contributed by atoms with E-state index in [1.807, 2.05) is 32.0 Å². The van der Waals surface area contributed by atoms with Crippen molar-refractivity contribution in [3.8, 4) is 5.75 Å². The Morgan fingerprint density at radius 3 is 2.85 bits per heavy atom. The van der Waals surface area contributed by atoms with Gasteiger partial charge in [0.25, 0.3) is 0 Å². The minimum Gasteiger partial charge on any atom is -0.497 e. The van der Waals surface area contributed by atoms with Gasteiger partial charge in [0.05, 0.1) is 13.0 Å². The smallest absolute Gasteiger partial charge is 0.227 e. The van der Waals surface area contributed by atoms with Gasteiger partial charge in [-0.1, -0.05) is 6.07 Å². The predicted molar refractivity (Wildman–Crippen MR) is 76.7 cm³/mol. The van der Waals surface area contributed by atoms with Crippen molar-refractivity contribution < 1.29 is 14.3 Å². The average Bonchev–Trinajstić information content (AvgIpc) is 2.80. The summed E-state index contributed by atoms with van der Waals surface area (Å²) in [5, 5.41) is 2.86. The van der Waals surface area contributed by atoms with Crippen LogP contribution in [0.5, 0.6) is 5.75 Å². The predicted octanol–water partition coefficient (Wildman–Crippen LogP) is 1.57. The molecule has 1 heterocycles. The standard InChI is InChI=1S/C15H20N2O3/c1-10(2)16-15(19)11-7-14(18)17(9-11)12-5-4-6-13(8-12)20-3/h4-6,8,10-11H,7,9H2,1-3H3,(H,16,19)/t11-/m1/s1. The van der Waals surface area contributed by atoms with Crippen molar-refractivity contribution in [3.05, 3.63) is 24.3 Å². The maximum Gasteiger partial charge on any atom is 0.227 e. The zero-order valence-electron chi connectivity index (χ0n) is 12.1. The molecule has 108 valence electrons. The van der Waals surface area contributed by atoms with Crippen LogP contribution < -0.4 is 15.0 Å². The molecule has 0 radical (unpaired) electrons. The average molecular weight is 276 g/mol. The van der Waals surface area contributed by atoms with Crippen LogP contribution >= 0.6 is 0 Å². The van der Waals surface area contributed by atoms with Crippen LogP contribution in [0.25, 0.3) is 0 Å². The highest BCUT2D eigenvalue weighted by molar-refractivity contribution is 6.00. The molecule has 1 N–H and O–H groups in total. The maximum absolute atomic E-state index is 12.1. The summed E-state index contributed by atoms with van der Waals surface area (Å²) in [4.78, 5) is 25.7. The zero-order valence-corrected chi connectivity index (χ0v) is 12.1. The number of amides is 2. The number of carbonyl (C=O) groups excluding carboxylic acids is 2. The molecule has 5 heteroatoms. The van der Waals surface area contributed by atoms with Gasteiger partial charge >= 0.3 is 0 Å². The molecule has 1 fully saturated rings. The summed E-state index contributed by atoms with van der Waals surface area (Å²) in [6.45, 7) is 4.24. The van der Waals surface area contributed by atoms with Gasteiger partial charge in [0.2, 0.25) is 11.8 Å². The molecule has 2 amide bonds. The Morgan fingerprint density at radius 1 is 1.45 bits per heavy atom. The van der Waals surface area contributed by atoms with Crippen molar-refractivity contribution in [2.75, 3.05) is 18.6 Å². The fourth-order valence-electron chi connectivity index (χ4n) is 2.31. The molecule has 0 unspecified atom stereocenters. The monoisotopic (exact) mass is 276 g/mol. The van der Waals surface area contributed by atoms with E-state index in [4.69, 9.17) is 4.74 Å². The Balaban J connectivity index is 2.10. The molecule has 1 aliphatic heterocycles. The number of ether oxygens (including phenoxy) is 1. The normalized spacial score (nSPS) is 18.5. The number of anilines is 1. The number of nitrogens with one attached hydrogen (secondary N) is 1. The van der Waals surface area contributed by atoms with E-state index in [1.165, 1.54) is 0 Å². The van der Waals surface area contributed by atoms with Gasteiger partial charge in [0.1, 0.15) is 5.75 Å². The molecule has 5 nitrogen and oxygen atoms in total. The fourth-order valence-corrected chi connectivity index (χ4v) is 2.31. The van der Waals surface area contributed by atoms with E-state index in [9.17, 15) is 9.59 Å². The molecule has 1 aromatic rings. The fraction of sp³-hybridized carbons (Fsp3) is 0.467. The van der Waals surface area contributed by atoms with Crippen LogP contribution in [0.1, 0.15) is 20.3 Å². The zero-order chi connectivity index (χ0) is 14.7. The van der Waals surface area contributed by atoms with E-state index >= 15 is 0 Å². The maximum atomic E-state index is 12.1. The largest absolute Gasteiger partial charge is 0.497 e. The van der Waals surface area contributed by atoms with Crippen LogP contribution in [-0.4, -0.2) is 31.5 Å². The van der Waals surface area contributed by atoms with Gasteiger partial charge in [-0.05, 0) is 26.0 Å². The van der Waals surface area contributed by atoms with Gasteiger partial charge in [-0.3, -0.25) is 9.59 Å². The first-order chi connectivity index (χ1) is 9.51. The lowest BCUT2D eigenvalue weighted by Crippen LogP contribution is -2.36. The van der Waals surface area contributed by atoms with E-state index in [0.29, 0.717) is 12.3 Å². The summed E-state index contributed by atoms with van der Waals surface area (Å²) < 4.78 is 5.16. The molecule has 0 spiro atoms. The quantitative estimate of drug-likeness (QED) is 0.908. The summed E-state index contributed by atoms with van der Waals surface area (Å²) in [7, 11) is 1.59. The summed E-state index contributed by atoms with van der Waals surface area (Å²) in [6, 6.07) is 7.41. The highest BCUT2D eigenvalue weighted by atomic mass is 16.5. The Labute approximate surface area is 118 Å². The minimum atomic E-state index is -0.281. The number of hydrogen-bond acceptors (Lipinski definition) is 3. The van der Waals surface area contributed by atoms with E-state index < -0.39 is 0 Å². The minimum absolute atomic E-state index is 0.0258. The van der Waals surface area contributed by atoms with Crippen LogP contribution in [0.4, 0.5) is 5.69 Å². The highest BCUT2D eigenvalue weighted by Crippen LogP contribution is 2.27. The number of carbonyl (C=O) groups is 2. The lowest BCUT2D eigenvalue weighted by Gasteiger charge is -2.18. The second-order valence-corrected chi connectivity index (χ2v) is 5.27. The molecule has 1 atom stereocenters. The molecule has 2 rings (SSSR count). The topological polar surface area (TPSA) is 58.6 Å². The van der Waals surface area contributed by atoms with E-state index in [-0.39, 0.29) is 30.2 Å². The second-order valence-electron chi connectivity index (χ2n) is 5.27. The Hall–Kier alpha value is -2.04. The first-order valence-corrected chi connectivity index (χ1v) is 6.76. The van der Waals surface area contributed by atoms with Gasteiger partial charge in [0, 0.05) is 30.8 Å². The number of nitrogens with zero attached hydrogens (tertiary/aromatic N) is 1. The summed E-state index contributed by atoms with van der Waals surface area (Å²) in [5.74, 6) is 0.336. The molecular formula is C15H20N2O3. The molecule has 0 aliphatic carbocycles. The van der Waals surface area contributed by atoms with Crippen LogP contribution in [0.3, 0.4) is 0 Å². The lowest BCUT2D eigenvalue weighted by atomic mass is 10.1. The molecule has 0 saturated carbocycles. The van der Waals surface area contributed by atoms with E-state index in [0.717, 1.165) is 5.69 Å². The van der Waals surface area contributed by atoms with Gasteiger partial charge in [-0.2, -0.15) is 0 Å². The lowest BCUT2D eigenvalue weighted by molar-refractivity contribution is -0.126. The number of methoxy groups -OCH3 is 1. The molecular weight excluding hydrogens is 256 g/mol. The molecule has 0 aromatic heterocycles. The van der Waals surface area contributed by atoms with Gasteiger partial charge in [0.15, 0.2) is 0 Å². The first-order valence-electron chi connectivity index (χ1n) is 6.76. The summed E-state index contributed by atoms with van der Waals surface area (Å²) >= 11 is 0. The van der Waals surface area contributed by atoms with Crippen LogP contribution in [0.15, 0.2) is 24.3 Å². The van der Waals surface area contributed by atoms with Crippen molar-refractivity contribution in [1.82, 2.24) is 5.32 Å². The first kappa shape index (κ1) is 14.4. The second kappa shape index (κ2) is 5.94. The van der Waals surface area contributed by atoms with E-state index in [2.05, 4.69) is 5.32 Å². The third-order valence-corrected chi connectivity index (χ3v) is 3.29. The Kier molecular flexibility index (Phi) is 4.27. The molecule has 20 heavy (non-hydrogen) atoms. The summed E-state index contributed by atoms with van der Waals surface area (Å²) in [5.41, 5.74) is 0.772. The van der Waals surface area contributed by atoms with Gasteiger partial charge < -0.3 is 15.0 Å². The SMILES string of the molecule is COc1cccc(N2C[C@H](C(=O)NC(C)C)CC2=O)c1. The number of benzene rings is 1. The summed E-state index contributed by atoms with van der Waals surface area (Å²) in [6.07, 6.45) is 0.260. The van der Waals surface area contributed by atoms with Crippen molar-refractivity contribution in [1.29, 1.82) is 0 Å². The third-order valence-electron chi connectivity index (χ3n) is 3.29. The molecule has 1 aromatic carbocycles. The van der Waals surface area contributed by atoms with Crippen molar-refractivity contribution >= 4 is 17.5 Å². The van der Waals surface area contributed by atoms with E-state index in [1.54, 1.807) is 18.1 Å². The van der Waals surface area contributed by atoms with Crippen LogP contribution in [0.2, 0.25) is 0 Å². The van der Waals surface area contributed by atoms with Gasteiger partial charge in [-0.25, -0.2) is 0 Å². The number of rotatable bonds is 4.